The zero-order valence-corrected chi connectivity index (χ0v) is 17.8. The van der Waals surface area contributed by atoms with Crippen LogP contribution in [-0.2, 0) is 19.5 Å². The van der Waals surface area contributed by atoms with Gasteiger partial charge in [-0.3, -0.25) is 9.13 Å². The molecule has 5 nitrogen and oxygen atoms in total. The van der Waals surface area contributed by atoms with Gasteiger partial charge in [-0.25, -0.2) is 4.79 Å². The SMILES string of the molecule is CCc1c(-c2ccccc2)n(Cc2ccccc2C#N)c(=O)n1Cc1ccccc1C#N. The van der Waals surface area contributed by atoms with Gasteiger partial charge in [0.05, 0.1) is 42.0 Å². The number of hydrogen-bond acceptors (Lipinski definition) is 3. The van der Waals surface area contributed by atoms with Crippen molar-refractivity contribution in [2.75, 3.05) is 0 Å². The van der Waals surface area contributed by atoms with Gasteiger partial charge in [0.1, 0.15) is 0 Å². The van der Waals surface area contributed by atoms with Gasteiger partial charge in [-0.2, -0.15) is 10.5 Å². The van der Waals surface area contributed by atoms with Crippen molar-refractivity contribution in [1.82, 2.24) is 9.13 Å². The van der Waals surface area contributed by atoms with Crippen molar-refractivity contribution in [2.45, 2.75) is 26.4 Å². The summed E-state index contributed by atoms with van der Waals surface area (Å²) in [7, 11) is 0. The number of nitriles is 2. The Morgan fingerprint density at radius 1 is 0.719 bits per heavy atom. The Balaban J connectivity index is 1.93. The maximum absolute atomic E-state index is 13.7. The second-order valence-electron chi connectivity index (χ2n) is 7.51. The van der Waals surface area contributed by atoms with Crippen molar-refractivity contribution < 1.29 is 0 Å². The summed E-state index contributed by atoms with van der Waals surface area (Å²) in [5.41, 5.74) is 5.27. The predicted octanol–water partition coefficient (Wildman–Crippen LogP) is 4.72. The first kappa shape index (κ1) is 20.9. The van der Waals surface area contributed by atoms with E-state index >= 15 is 0 Å². The summed E-state index contributed by atoms with van der Waals surface area (Å²) in [5.74, 6) is 0. The first-order chi connectivity index (χ1) is 15.7. The lowest BCUT2D eigenvalue weighted by Gasteiger charge is -2.11. The molecule has 0 saturated carbocycles. The fourth-order valence-corrected chi connectivity index (χ4v) is 4.10. The maximum Gasteiger partial charge on any atom is 0.329 e. The molecule has 0 unspecified atom stereocenters. The van der Waals surface area contributed by atoms with E-state index in [1.165, 1.54) is 0 Å². The molecule has 32 heavy (non-hydrogen) atoms. The van der Waals surface area contributed by atoms with Gasteiger partial charge in [0.15, 0.2) is 0 Å². The molecule has 3 aromatic carbocycles. The molecule has 0 aliphatic rings. The largest absolute Gasteiger partial charge is 0.329 e. The van der Waals surface area contributed by atoms with Gasteiger partial charge in [0, 0.05) is 11.3 Å². The molecule has 0 fully saturated rings. The van der Waals surface area contributed by atoms with Crippen LogP contribution in [0.2, 0.25) is 0 Å². The minimum absolute atomic E-state index is 0.152. The second kappa shape index (κ2) is 9.20. The highest BCUT2D eigenvalue weighted by atomic mass is 16.1. The molecule has 0 N–H and O–H groups in total. The van der Waals surface area contributed by atoms with Crippen LogP contribution >= 0.6 is 0 Å². The fourth-order valence-electron chi connectivity index (χ4n) is 4.10. The highest BCUT2D eigenvalue weighted by Crippen LogP contribution is 2.26. The van der Waals surface area contributed by atoms with E-state index in [0.29, 0.717) is 30.6 Å². The van der Waals surface area contributed by atoms with Gasteiger partial charge in [0.2, 0.25) is 0 Å². The van der Waals surface area contributed by atoms with Crippen LogP contribution in [0, 0.1) is 22.7 Å². The average molecular weight is 419 g/mol. The number of benzene rings is 3. The molecule has 0 aliphatic heterocycles. The van der Waals surface area contributed by atoms with Crippen LogP contribution in [0.3, 0.4) is 0 Å². The van der Waals surface area contributed by atoms with Gasteiger partial charge in [-0.1, -0.05) is 73.7 Å². The molecule has 4 rings (SSSR count). The van der Waals surface area contributed by atoms with Gasteiger partial charge in [-0.05, 0) is 29.7 Å². The quantitative estimate of drug-likeness (QED) is 0.455. The lowest BCUT2D eigenvalue weighted by molar-refractivity contribution is 0.670. The molecular weight excluding hydrogens is 396 g/mol. The number of hydrogen-bond donors (Lipinski definition) is 0. The molecule has 0 saturated heterocycles. The van der Waals surface area contributed by atoms with E-state index in [0.717, 1.165) is 28.1 Å². The highest BCUT2D eigenvalue weighted by Gasteiger charge is 2.21. The van der Waals surface area contributed by atoms with Crippen LogP contribution in [0.25, 0.3) is 11.3 Å². The Labute approximate surface area is 187 Å². The molecular formula is C27H22N4O. The summed E-state index contributed by atoms with van der Waals surface area (Å²) in [5, 5.41) is 19.0. The van der Waals surface area contributed by atoms with Gasteiger partial charge < -0.3 is 0 Å². The lowest BCUT2D eigenvalue weighted by Crippen LogP contribution is -2.26. The number of aromatic nitrogens is 2. The van der Waals surface area contributed by atoms with E-state index in [4.69, 9.17) is 0 Å². The van der Waals surface area contributed by atoms with Crippen LogP contribution < -0.4 is 5.69 Å². The van der Waals surface area contributed by atoms with Crippen LogP contribution in [0.5, 0.6) is 0 Å². The molecule has 0 radical (unpaired) electrons. The third-order valence-electron chi connectivity index (χ3n) is 5.65. The van der Waals surface area contributed by atoms with Crippen LogP contribution in [-0.4, -0.2) is 9.13 Å². The van der Waals surface area contributed by atoms with E-state index in [-0.39, 0.29) is 5.69 Å². The molecule has 1 heterocycles. The highest BCUT2D eigenvalue weighted by molar-refractivity contribution is 5.63. The van der Waals surface area contributed by atoms with Gasteiger partial charge in [0.25, 0.3) is 0 Å². The molecule has 0 aliphatic carbocycles. The summed E-state index contributed by atoms with van der Waals surface area (Å²) in [4.78, 5) is 13.7. The van der Waals surface area contributed by atoms with E-state index in [1.807, 2.05) is 73.7 Å². The van der Waals surface area contributed by atoms with Crippen molar-refractivity contribution in [3.05, 3.63) is 117 Å². The van der Waals surface area contributed by atoms with E-state index in [9.17, 15) is 15.3 Å². The van der Waals surface area contributed by atoms with E-state index in [1.54, 1.807) is 21.3 Å². The van der Waals surface area contributed by atoms with Crippen molar-refractivity contribution in [1.29, 1.82) is 10.5 Å². The lowest BCUT2D eigenvalue weighted by atomic mass is 10.1. The molecule has 0 spiro atoms. The molecule has 0 bridgehead atoms. The van der Waals surface area contributed by atoms with Crippen LogP contribution in [0.4, 0.5) is 0 Å². The minimum Gasteiger partial charge on any atom is -0.291 e. The Hall–Kier alpha value is -4.35. The number of rotatable bonds is 6. The smallest absolute Gasteiger partial charge is 0.291 e. The summed E-state index contributed by atoms with van der Waals surface area (Å²) >= 11 is 0. The molecule has 0 atom stereocenters. The van der Waals surface area contributed by atoms with Crippen molar-refractivity contribution in [3.63, 3.8) is 0 Å². The maximum atomic E-state index is 13.7. The Morgan fingerprint density at radius 3 is 1.75 bits per heavy atom. The normalized spacial score (nSPS) is 10.5. The first-order valence-electron chi connectivity index (χ1n) is 10.5. The molecule has 5 heteroatoms. The molecule has 4 aromatic rings. The molecule has 1 aromatic heterocycles. The second-order valence-corrected chi connectivity index (χ2v) is 7.51. The standard InChI is InChI=1S/C27H22N4O/c1-2-25-26(20-10-4-3-5-11-20)31(19-24-15-9-7-13-22(24)17-29)27(32)30(25)18-23-14-8-6-12-21(23)16-28/h3-15H,2,18-19H2,1H3. The van der Waals surface area contributed by atoms with Crippen molar-refractivity contribution in [3.8, 4) is 23.4 Å². The monoisotopic (exact) mass is 418 g/mol. The number of imidazole rings is 1. The summed E-state index contributed by atoms with van der Waals surface area (Å²) in [6.45, 7) is 2.65. The first-order valence-corrected chi connectivity index (χ1v) is 10.5. The predicted molar refractivity (Wildman–Crippen MR) is 124 cm³/mol. The molecule has 0 amide bonds. The Bertz CT molecular complexity index is 1400. The average Bonchev–Trinajstić information content (AvgIpc) is 3.10. The Kier molecular flexibility index (Phi) is 6.01. The van der Waals surface area contributed by atoms with E-state index in [2.05, 4.69) is 12.1 Å². The third kappa shape index (κ3) is 3.85. The topological polar surface area (TPSA) is 74.5 Å². The van der Waals surface area contributed by atoms with Crippen molar-refractivity contribution >= 4 is 0 Å². The van der Waals surface area contributed by atoms with E-state index < -0.39 is 0 Å². The van der Waals surface area contributed by atoms with Crippen LogP contribution in [0.15, 0.2) is 83.7 Å². The van der Waals surface area contributed by atoms with Crippen molar-refractivity contribution in [2.24, 2.45) is 0 Å². The van der Waals surface area contributed by atoms with Crippen LogP contribution in [0.1, 0.15) is 34.9 Å². The zero-order valence-electron chi connectivity index (χ0n) is 17.8. The fraction of sp³-hybridized carbons (Fsp3) is 0.148. The van der Waals surface area contributed by atoms with Gasteiger partial charge in [-0.15, -0.1) is 0 Å². The third-order valence-corrected chi connectivity index (χ3v) is 5.65. The number of nitrogens with zero attached hydrogens (tertiary/aromatic N) is 4. The minimum atomic E-state index is -0.152. The Morgan fingerprint density at radius 2 is 1.22 bits per heavy atom. The zero-order chi connectivity index (χ0) is 22.5. The molecule has 156 valence electrons. The summed E-state index contributed by atoms with van der Waals surface area (Å²) in [6.07, 6.45) is 0.654. The van der Waals surface area contributed by atoms with Gasteiger partial charge >= 0.3 is 5.69 Å². The summed E-state index contributed by atoms with van der Waals surface area (Å²) < 4.78 is 3.51. The summed E-state index contributed by atoms with van der Waals surface area (Å²) in [6, 6.07) is 29.0.